The molecular formula is C15H28N2O. The van der Waals surface area contributed by atoms with Crippen molar-refractivity contribution in [2.24, 2.45) is 11.7 Å². The molecule has 1 spiro atoms. The van der Waals surface area contributed by atoms with E-state index in [0.717, 1.165) is 25.1 Å². The standard InChI is InChI=1S/C15H28N2O/c16-8-2-13-3-9-17(10-4-13)14-5-11-18-15(12-14)6-1-7-15/h13-14H,1-12,16H2. The van der Waals surface area contributed by atoms with Crippen LogP contribution in [0.5, 0.6) is 0 Å². The molecule has 0 amide bonds. The van der Waals surface area contributed by atoms with Crippen LogP contribution in [0.2, 0.25) is 0 Å². The molecule has 0 aromatic heterocycles. The third kappa shape index (κ3) is 2.59. The Labute approximate surface area is 111 Å². The predicted octanol–water partition coefficient (Wildman–Crippen LogP) is 2.15. The van der Waals surface area contributed by atoms with Crippen LogP contribution in [0.25, 0.3) is 0 Å². The monoisotopic (exact) mass is 252 g/mol. The summed E-state index contributed by atoms with van der Waals surface area (Å²) in [5.41, 5.74) is 5.97. The summed E-state index contributed by atoms with van der Waals surface area (Å²) in [6.45, 7) is 4.45. The fraction of sp³-hybridized carbons (Fsp3) is 1.00. The van der Waals surface area contributed by atoms with Gasteiger partial charge in [0.25, 0.3) is 0 Å². The van der Waals surface area contributed by atoms with Gasteiger partial charge < -0.3 is 15.4 Å². The second-order valence-corrected chi connectivity index (χ2v) is 6.59. The van der Waals surface area contributed by atoms with Crippen LogP contribution < -0.4 is 5.73 Å². The van der Waals surface area contributed by atoms with Crippen molar-refractivity contribution in [1.82, 2.24) is 4.90 Å². The Morgan fingerprint density at radius 3 is 2.56 bits per heavy atom. The highest BCUT2D eigenvalue weighted by Crippen LogP contribution is 2.43. The predicted molar refractivity (Wildman–Crippen MR) is 73.5 cm³/mol. The molecular weight excluding hydrogens is 224 g/mol. The van der Waals surface area contributed by atoms with Crippen molar-refractivity contribution in [3.05, 3.63) is 0 Å². The van der Waals surface area contributed by atoms with E-state index < -0.39 is 0 Å². The van der Waals surface area contributed by atoms with Crippen molar-refractivity contribution >= 4 is 0 Å². The molecule has 1 atom stereocenters. The fourth-order valence-corrected chi connectivity index (χ4v) is 4.08. The minimum absolute atomic E-state index is 0.303. The summed E-state index contributed by atoms with van der Waals surface area (Å²) in [6, 6.07) is 0.804. The third-order valence-corrected chi connectivity index (χ3v) is 5.47. The molecule has 18 heavy (non-hydrogen) atoms. The Morgan fingerprint density at radius 2 is 1.94 bits per heavy atom. The maximum Gasteiger partial charge on any atom is 0.0697 e. The lowest BCUT2D eigenvalue weighted by atomic mass is 9.73. The zero-order valence-electron chi connectivity index (χ0n) is 11.6. The number of hydrogen-bond acceptors (Lipinski definition) is 3. The Morgan fingerprint density at radius 1 is 1.17 bits per heavy atom. The van der Waals surface area contributed by atoms with E-state index in [-0.39, 0.29) is 0 Å². The minimum atomic E-state index is 0.303. The van der Waals surface area contributed by atoms with Gasteiger partial charge in [-0.1, -0.05) is 0 Å². The Hall–Kier alpha value is -0.120. The van der Waals surface area contributed by atoms with E-state index in [1.807, 2.05) is 0 Å². The first kappa shape index (κ1) is 12.9. The molecule has 2 aliphatic heterocycles. The molecule has 2 N–H and O–H groups in total. The average molecular weight is 252 g/mol. The molecule has 1 unspecified atom stereocenters. The Bertz CT molecular complexity index is 270. The van der Waals surface area contributed by atoms with Gasteiger partial charge >= 0.3 is 0 Å². The lowest BCUT2D eigenvalue weighted by molar-refractivity contribution is -0.150. The number of likely N-dealkylation sites (tertiary alicyclic amines) is 1. The molecule has 1 saturated carbocycles. The van der Waals surface area contributed by atoms with Gasteiger partial charge in [0.1, 0.15) is 0 Å². The SMILES string of the molecule is NCCC1CCN(C2CCOC3(CCC3)C2)CC1. The van der Waals surface area contributed by atoms with Gasteiger partial charge in [0.2, 0.25) is 0 Å². The molecule has 3 rings (SSSR count). The largest absolute Gasteiger partial charge is 0.375 e. The lowest BCUT2D eigenvalue weighted by Crippen LogP contribution is -2.53. The normalized spacial score (nSPS) is 33.5. The summed E-state index contributed by atoms with van der Waals surface area (Å²) in [5.74, 6) is 0.892. The number of ether oxygens (including phenoxy) is 1. The summed E-state index contributed by atoms with van der Waals surface area (Å²) in [7, 11) is 0. The highest BCUT2D eigenvalue weighted by molar-refractivity contribution is 4.97. The van der Waals surface area contributed by atoms with Crippen molar-refractivity contribution in [2.45, 2.75) is 63.0 Å². The maximum absolute atomic E-state index is 6.04. The summed E-state index contributed by atoms with van der Waals surface area (Å²) in [5, 5.41) is 0. The fourth-order valence-electron chi connectivity index (χ4n) is 4.08. The van der Waals surface area contributed by atoms with Gasteiger partial charge in [0.05, 0.1) is 5.60 Å². The van der Waals surface area contributed by atoms with E-state index in [1.165, 1.54) is 64.5 Å². The summed E-state index contributed by atoms with van der Waals surface area (Å²) in [6.07, 6.45) is 10.5. The van der Waals surface area contributed by atoms with Gasteiger partial charge in [0, 0.05) is 12.6 Å². The summed E-state index contributed by atoms with van der Waals surface area (Å²) < 4.78 is 6.04. The van der Waals surface area contributed by atoms with E-state index in [1.54, 1.807) is 0 Å². The summed E-state index contributed by atoms with van der Waals surface area (Å²) >= 11 is 0. The molecule has 3 fully saturated rings. The highest BCUT2D eigenvalue weighted by Gasteiger charge is 2.44. The topological polar surface area (TPSA) is 38.5 Å². The molecule has 2 saturated heterocycles. The molecule has 0 aromatic carbocycles. The van der Waals surface area contributed by atoms with Gasteiger partial charge in [-0.05, 0) is 76.9 Å². The first-order chi connectivity index (χ1) is 8.81. The van der Waals surface area contributed by atoms with Crippen LogP contribution in [-0.2, 0) is 4.74 Å². The molecule has 0 bridgehead atoms. The number of hydrogen-bond donors (Lipinski definition) is 1. The van der Waals surface area contributed by atoms with Crippen LogP contribution in [0, 0.1) is 5.92 Å². The molecule has 3 aliphatic rings. The second-order valence-electron chi connectivity index (χ2n) is 6.59. The van der Waals surface area contributed by atoms with E-state index in [2.05, 4.69) is 4.90 Å². The first-order valence-electron chi connectivity index (χ1n) is 7.89. The molecule has 0 radical (unpaired) electrons. The van der Waals surface area contributed by atoms with Gasteiger partial charge in [0.15, 0.2) is 0 Å². The zero-order chi connectivity index (χ0) is 12.4. The number of piperidine rings is 1. The molecule has 3 heteroatoms. The van der Waals surface area contributed by atoms with Gasteiger partial charge in [-0.3, -0.25) is 0 Å². The number of rotatable bonds is 3. The van der Waals surface area contributed by atoms with E-state index in [9.17, 15) is 0 Å². The van der Waals surface area contributed by atoms with Crippen LogP contribution in [-0.4, -0.2) is 42.8 Å². The van der Waals surface area contributed by atoms with Crippen molar-refractivity contribution in [1.29, 1.82) is 0 Å². The molecule has 0 aromatic rings. The molecule has 1 aliphatic carbocycles. The zero-order valence-corrected chi connectivity index (χ0v) is 11.6. The van der Waals surface area contributed by atoms with Gasteiger partial charge in [-0.2, -0.15) is 0 Å². The van der Waals surface area contributed by atoms with E-state index in [0.29, 0.717) is 5.60 Å². The summed E-state index contributed by atoms with van der Waals surface area (Å²) in [4.78, 5) is 2.75. The van der Waals surface area contributed by atoms with Crippen LogP contribution in [0.4, 0.5) is 0 Å². The maximum atomic E-state index is 6.04. The van der Waals surface area contributed by atoms with Crippen molar-refractivity contribution in [2.75, 3.05) is 26.2 Å². The highest BCUT2D eigenvalue weighted by atomic mass is 16.5. The van der Waals surface area contributed by atoms with Gasteiger partial charge in [-0.25, -0.2) is 0 Å². The lowest BCUT2D eigenvalue weighted by Gasteiger charge is -2.50. The van der Waals surface area contributed by atoms with Crippen molar-refractivity contribution < 1.29 is 4.74 Å². The van der Waals surface area contributed by atoms with Crippen LogP contribution in [0.3, 0.4) is 0 Å². The number of nitrogens with two attached hydrogens (primary N) is 1. The van der Waals surface area contributed by atoms with Crippen molar-refractivity contribution in [3.8, 4) is 0 Å². The van der Waals surface area contributed by atoms with Crippen LogP contribution in [0.1, 0.15) is 51.4 Å². The Kier molecular flexibility index (Phi) is 3.92. The average Bonchev–Trinajstić information content (AvgIpc) is 2.38. The van der Waals surface area contributed by atoms with Gasteiger partial charge in [-0.15, -0.1) is 0 Å². The third-order valence-electron chi connectivity index (χ3n) is 5.47. The number of nitrogens with zero attached hydrogens (tertiary/aromatic N) is 1. The van der Waals surface area contributed by atoms with E-state index in [4.69, 9.17) is 10.5 Å². The molecule has 3 nitrogen and oxygen atoms in total. The molecule has 2 heterocycles. The van der Waals surface area contributed by atoms with Crippen LogP contribution in [0.15, 0.2) is 0 Å². The minimum Gasteiger partial charge on any atom is -0.375 e. The second kappa shape index (κ2) is 5.48. The van der Waals surface area contributed by atoms with Crippen molar-refractivity contribution in [3.63, 3.8) is 0 Å². The first-order valence-corrected chi connectivity index (χ1v) is 7.89. The quantitative estimate of drug-likeness (QED) is 0.836. The van der Waals surface area contributed by atoms with Crippen LogP contribution >= 0.6 is 0 Å². The molecule has 104 valence electrons. The smallest absolute Gasteiger partial charge is 0.0697 e. The van der Waals surface area contributed by atoms with E-state index >= 15 is 0 Å². The Balaban J connectivity index is 1.50.